The number of aliphatic hydroxyl groups is 1. The molecule has 0 bridgehead atoms. The summed E-state index contributed by atoms with van der Waals surface area (Å²) in [6.07, 6.45) is 8.90. The standard InChI is InChI=1S/C26H29N5O2S/c1-30(25(32)9-4-8-24-29-21-6-2-3-7-23(21)34-24)17-26(33)12-5-15-31(18-26)22-11-14-28-20-10-13-27-16-19(20)22/h2-3,6-7,10-11,13-14,16,33H,4-5,8-9,12,15,17-18H2,1H3/t26-/m0/s1. The molecular formula is C26H29N5O2S. The maximum atomic E-state index is 12.8. The lowest BCUT2D eigenvalue weighted by molar-refractivity contribution is -0.133. The van der Waals surface area contributed by atoms with E-state index in [9.17, 15) is 9.90 Å². The Kier molecular flexibility index (Phi) is 6.43. The molecule has 0 spiro atoms. The van der Waals surface area contributed by atoms with Gasteiger partial charge in [-0.2, -0.15) is 0 Å². The van der Waals surface area contributed by atoms with Crippen molar-refractivity contribution >= 4 is 44.1 Å². The fourth-order valence-electron chi connectivity index (χ4n) is 4.84. The molecule has 0 unspecified atom stereocenters. The number of aryl methyl sites for hydroxylation is 1. The highest BCUT2D eigenvalue weighted by Crippen LogP contribution is 2.31. The van der Waals surface area contributed by atoms with Crippen LogP contribution >= 0.6 is 11.3 Å². The molecule has 1 atom stereocenters. The zero-order valence-corrected chi connectivity index (χ0v) is 20.2. The molecule has 1 amide bonds. The number of anilines is 1. The Hall–Kier alpha value is -3.10. The molecule has 34 heavy (non-hydrogen) atoms. The number of β-amino-alcohol motifs (C(OH)–C–C–N with tert-alkyl or cyclic N) is 1. The third-order valence-electron chi connectivity index (χ3n) is 6.49. The van der Waals surface area contributed by atoms with E-state index in [1.807, 2.05) is 36.5 Å². The van der Waals surface area contributed by atoms with Crippen LogP contribution in [0.15, 0.2) is 55.0 Å². The third-order valence-corrected chi connectivity index (χ3v) is 7.59. The summed E-state index contributed by atoms with van der Waals surface area (Å²) in [5.74, 6) is 0.0604. The summed E-state index contributed by atoms with van der Waals surface area (Å²) in [6, 6.07) is 12.0. The molecule has 5 rings (SSSR count). The van der Waals surface area contributed by atoms with Crippen LogP contribution in [0.3, 0.4) is 0 Å². The summed E-state index contributed by atoms with van der Waals surface area (Å²) in [6.45, 7) is 1.66. The number of carbonyl (C=O) groups is 1. The quantitative estimate of drug-likeness (QED) is 0.434. The summed E-state index contributed by atoms with van der Waals surface area (Å²) in [5, 5.41) is 13.5. The summed E-state index contributed by atoms with van der Waals surface area (Å²) in [5.41, 5.74) is 1.99. The Labute approximate surface area is 203 Å². The van der Waals surface area contributed by atoms with Crippen molar-refractivity contribution in [3.8, 4) is 0 Å². The number of para-hydroxylation sites is 1. The normalized spacial score (nSPS) is 18.5. The van der Waals surface area contributed by atoms with Gasteiger partial charge in [0, 0.05) is 56.2 Å². The first-order valence-electron chi connectivity index (χ1n) is 11.8. The van der Waals surface area contributed by atoms with Crippen LogP contribution in [-0.4, -0.2) is 63.1 Å². The van der Waals surface area contributed by atoms with Crippen molar-refractivity contribution in [2.45, 2.75) is 37.7 Å². The summed E-state index contributed by atoms with van der Waals surface area (Å²) in [7, 11) is 1.79. The number of hydrogen-bond donors (Lipinski definition) is 1. The lowest BCUT2D eigenvalue weighted by Gasteiger charge is -2.42. The number of amides is 1. The molecule has 1 aliphatic heterocycles. The Morgan fingerprint density at radius 3 is 2.97 bits per heavy atom. The highest BCUT2D eigenvalue weighted by Gasteiger charge is 2.36. The Balaban J connectivity index is 1.18. The van der Waals surface area contributed by atoms with Crippen molar-refractivity contribution in [1.82, 2.24) is 19.9 Å². The molecule has 1 aromatic carbocycles. The van der Waals surface area contributed by atoms with Crippen LogP contribution in [0.5, 0.6) is 0 Å². The van der Waals surface area contributed by atoms with E-state index in [4.69, 9.17) is 0 Å². The van der Waals surface area contributed by atoms with Crippen molar-refractivity contribution in [1.29, 1.82) is 0 Å². The molecule has 0 saturated carbocycles. The minimum absolute atomic E-state index is 0.0604. The molecular weight excluding hydrogens is 446 g/mol. The molecule has 1 fully saturated rings. The van der Waals surface area contributed by atoms with Gasteiger partial charge in [0.1, 0.15) is 0 Å². The molecule has 176 valence electrons. The van der Waals surface area contributed by atoms with Crippen LogP contribution in [-0.2, 0) is 11.2 Å². The van der Waals surface area contributed by atoms with Gasteiger partial charge >= 0.3 is 0 Å². The minimum atomic E-state index is -0.951. The topological polar surface area (TPSA) is 82.5 Å². The highest BCUT2D eigenvalue weighted by atomic mass is 32.1. The van der Waals surface area contributed by atoms with Crippen LogP contribution in [0.1, 0.15) is 30.7 Å². The number of benzene rings is 1. The van der Waals surface area contributed by atoms with Gasteiger partial charge in [-0.15, -0.1) is 11.3 Å². The summed E-state index contributed by atoms with van der Waals surface area (Å²) in [4.78, 5) is 30.0. The smallest absolute Gasteiger partial charge is 0.222 e. The molecule has 8 heteroatoms. The van der Waals surface area contributed by atoms with Gasteiger partial charge in [0.25, 0.3) is 0 Å². The molecule has 0 aliphatic carbocycles. The van der Waals surface area contributed by atoms with Crippen molar-refractivity contribution in [2.24, 2.45) is 0 Å². The number of likely N-dealkylation sites (N-methyl/N-ethyl adjacent to an activating group) is 1. The van der Waals surface area contributed by atoms with E-state index in [2.05, 4.69) is 25.9 Å². The summed E-state index contributed by atoms with van der Waals surface area (Å²) < 4.78 is 1.18. The SMILES string of the molecule is CN(C[C@@]1(O)CCCN(c2ccnc3ccncc23)C1)C(=O)CCCc1nc2ccccc2s1. The van der Waals surface area contributed by atoms with Crippen LogP contribution in [0.25, 0.3) is 21.1 Å². The van der Waals surface area contributed by atoms with E-state index < -0.39 is 5.60 Å². The fraction of sp³-hybridized carbons (Fsp3) is 0.385. The zero-order chi connectivity index (χ0) is 23.5. The van der Waals surface area contributed by atoms with Crippen LogP contribution in [0, 0.1) is 0 Å². The molecule has 1 saturated heterocycles. The zero-order valence-electron chi connectivity index (χ0n) is 19.4. The van der Waals surface area contributed by atoms with Gasteiger partial charge < -0.3 is 14.9 Å². The van der Waals surface area contributed by atoms with Crippen molar-refractivity contribution in [3.05, 3.63) is 60.0 Å². The molecule has 4 aromatic rings. The average Bonchev–Trinajstić information content (AvgIpc) is 3.26. The maximum Gasteiger partial charge on any atom is 0.222 e. The molecule has 1 N–H and O–H groups in total. The molecule has 4 heterocycles. The van der Waals surface area contributed by atoms with E-state index in [1.165, 1.54) is 4.70 Å². The van der Waals surface area contributed by atoms with Crippen LogP contribution < -0.4 is 4.90 Å². The first-order chi connectivity index (χ1) is 16.5. The fourth-order valence-corrected chi connectivity index (χ4v) is 5.85. The number of thiazole rings is 1. The van der Waals surface area contributed by atoms with E-state index in [0.29, 0.717) is 25.9 Å². The number of hydrogen-bond acceptors (Lipinski definition) is 7. The molecule has 0 radical (unpaired) electrons. The van der Waals surface area contributed by atoms with Crippen molar-refractivity contribution in [3.63, 3.8) is 0 Å². The van der Waals surface area contributed by atoms with Crippen LogP contribution in [0.2, 0.25) is 0 Å². The molecule has 7 nitrogen and oxygen atoms in total. The van der Waals surface area contributed by atoms with E-state index >= 15 is 0 Å². The number of pyridine rings is 2. The van der Waals surface area contributed by atoms with Gasteiger partial charge in [-0.1, -0.05) is 12.1 Å². The number of nitrogens with zero attached hydrogens (tertiary/aromatic N) is 5. The lowest BCUT2D eigenvalue weighted by Crippen LogP contribution is -2.54. The second-order valence-corrected chi connectivity index (χ2v) is 10.3. The maximum absolute atomic E-state index is 12.8. The van der Waals surface area contributed by atoms with Gasteiger partial charge in [0.15, 0.2) is 0 Å². The van der Waals surface area contributed by atoms with E-state index in [1.54, 1.807) is 35.7 Å². The Morgan fingerprint density at radius 2 is 2.09 bits per heavy atom. The predicted octanol–water partition coefficient (Wildman–Crippen LogP) is 4.05. The first-order valence-corrected chi connectivity index (χ1v) is 12.6. The molecule has 3 aromatic heterocycles. The van der Waals surface area contributed by atoms with Crippen molar-refractivity contribution < 1.29 is 9.90 Å². The lowest BCUT2D eigenvalue weighted by atomic mass is 9.91. The number of fused-ring (bicyclic) bond motifs is 2. The van der Waals surface area contributed by atoms with E-state index in [-0.39, 0.29) is 5.91 Å². The number of rotatable bonds is 7. The number of aromatic nitrogens is 3. The van der Waals surface area contributed by atoms with Gasteiger partial charge in [-0.05, 0) is 49.9 Å². The van der Waals surface area contributed by atoms with Crippen molar-refractivity contribution in [2.75, 3.05) is 31.6 Å². The number of piperidine rings is 1. The van der Waals surface area contributed by atoms with Crippen LogP contribution in [0.4, 0.5) is 5.69 Å². The largest absolute Gasteiger partial charge is 0.386 e. The highest BCUT2D eigenvalue weighted by molar-refractivity contribution is 7.18. The third kappa shape index (κ3) is 4.88. The van der Waals surface area contributed by atoms with Gasteiger partial charge in [-0.25, -0.2) is 4.98 Å². The monoisotopic (exact) mass is 475 g/mol. The average molecular weight is 476 g/mol. The molecule has 1 aliphatic rings. The summed E-state index contributed by atoms with van der Waals surface area (Å²) >= 11 is 1.69. The number of carbonyl (C=O) groups excluding carboxylic acids is 1. The van der Waals surface area contributed by atoms with Gasteiger partial charge in [0.2, 0.25) is 5.91 Å². The second kappa shape index (κ2) is 9.64. The second-order valence-electron chi connectivity index (χ2n) is 9.15. The Bertz CT molecular complexity index is 1270. The van der Waals surface area contributed by atoms with E-state index in [0.717, 1.165) is 52.9 Å². The van der Waals surface area contributed by atoms with Gasteiger partial charge in [-0.3, -0.25) is 14.8 Å². The minimum Gasteiger partial charge on any atom is -0.386 e. The first kappa shape index (κ1) is 22.7. The predicted molar refractivity (Wildman–Crippen MR) is 136 cm³/mol. The van der Waals surface area contributed by atoms with Gasteiger partial charge in [0.05, 0.1) is 32.9 Å². The Morgan fingerprint density at radius 1 is 1.21 bits per heavy atom.